The van der Waals surface area contributed by atoms with E-state index in [1.54, 1.807) is 42.6 Å². The van der Waals surface area contributed by atoms with E-state index in [9.17, 15) is 0 Å². The van der Waals surface area contributed by atoms with Crippen molar-refractivity contribution >= 4 is 46.4 Å². The molecule has 0 amide bonds. The Bertz CT molecular complexity index is 747. The van der Waals surface area contributed by atoms with Gasteiger partial charge >= 0.3 is 0 Å². The van der Waals surface area contributed by atoms with Gasteiger partial charge in [0, 0.05) is 15.6 Å². The first-order valence-electron chi connectivity index (χ1n) is 5.91. The molecule has 0 aliphatic heterocycles. The topological polar surface area (TPSA) is 26.0 Å². The number of benzene rings is 2. The first-order chi connectivity index (χ1) is 10.0. The molecule has 0 fully saturated rings. The third kappa shape index (κ3) is 3.04. The van der Waals surface area contributed by atoms with E-state index in [-0.39, 0.29) is 0 Å². The average molecular weight is 359 g/mol. The van der Waals surface area contributed by atoms with Crippen LogP contribution in [0.1, 0.15) is 0 Å². The molecule has 106 valence electrons. The van der Waals surface area contributed by atoms with Crippen molar-refractivity contribution in [2.24, 2.45) is 0 Å². The Hall–Kier alpha value is -1.19. The van der Waals surface area contributed by atoms with E-state index in [4.69, 9.17) is 50.8 Å². The van der Waals surface area contributed by atoms with Crippen molar-refractivity contribution in [1.29, 1.82) is 0 Å². The van der Waals surface area contributed by atoms with Crippen molar-refractivity contribution in [3.8, 4) is 22.8 Å². The Morgan fingerprint density at radius 1 is 0.762 bits per heavy atom. The summed E-state index contributed by atoms with van der Waals surface area (Å²) in [5.41, 5.74) is 1.38. The molecule has 1 aromatic heterocycles. The highest BCUT2D eigenvalue weighted by Gasteiger charge is 2.14. The lowest BCUT2D eigenvalue weighted by molar-refractivity contribution is 0.589. The van der Waals surface area contributed by atoms with Crippen molar-refractivity contribution in [2.45, 2.75) is 0 Å². The predicted molar refractivity (Wildman–Crippen MR) is 87.4 cm³/mol. The number of nitrogens with zero attached hydrogens (tertiary/aromatic N) is 1. The summed E-state index contributed by atoms with van der Waals surface area (Å²) in [7, 11) is 0. The Morgan fingerprint density at radius 2 is 1.33 bits per heavy atom. The summed E-state index contributed by atoms with van der Waals surface area (Å²) in [6.45, 7) is 0. The molecule has 21 heavy (non-hydrogen) atoms. The third-order valence-corrected chi connectivity index (χ3v) is 3.96. The second-order valence-electron chi connectivity index (χ2n) is 4.28. The maximum Gasteiger partial charge on any atom is 0.228 e. The number of aromatic nitrogens is 1. The van der Waals surface area contributed by atoms with Crippen LogP contribution in [0.2, 0.25) is 20.1 Å². The maximum atomic E-state index is 6.16. The van der Waals surface area contributed by atoms with E-state index in [0.717, 1.165) is 0 Å². The van der Waals surface area contributed by atoms with Crippen LogP contribution in [0.15, 0.2) is 47.0 Å². The van der Waals surface area contributed by atoms with Crippen LogP contribution in [0.5, 0.6) is 0 Å². The molecule has 3 aromatic rings. The summed E-state index contributed by atoms with van der Waals surface area (Å²) in [4.78, 5) is 4.23. The zero-order valence-corrected chi connectivity index (χ0v) is 13.4. The van der Waals surface area contributed by atoms with Crippen LogP contribution in [0.3, 0.4) is 0 Å². The van der Waals surface area contributed by atoms with Gasteiger partial charge in [0.25, 0.3) is 0 Å². The molecule has 0 atom stereocenters. The molecule has 0 saturated carbocycles. The van der Waals surface area contributed by atoms with Crippen molar-refractivity contribution < 1.29 is 4.42 Å². The van der Waals surface area contributed by atoms with E-state index in [0.29, 0.717) is 42.9 Å². The molecule has 0 unspecified atom stereocenters. The second kappa shape index (κ2) is 5.90. The largest absolute Gasteiger partial charge is 0.436 e. The van der Waals surface area contributed by atoms with Crippen LogP contribution < -0.4 is 0 Å². The van der Waals surface area contributed by atoms with E-state index in [1.165, 1.54) is 0 Å². The van der Waals surface area contributed by atoms with Gasteiger partial charge in [-0.15, -0.1) is 0 Å². The van der Waals surface area contributed by atoms with Crippen LogP contribution in [0, 0.1) is 0 Å². The lowest BCUT2D eigenvalue weighted by Gasteiger charge is -2.02. The minimum atomic E-state index is 0.401. The van der Waals surface area contributed by atoms with Gasteiger partial charge in [-0.25, -0.2) is 4.98 Å². The van der Waals surface area contributed by atoms with Gasteiger partial charge in [-0.2, -0.15) is 0 Å². The molecule has 1 heterocycles. The number of hydrogen-bond donors (Lipinski definition) is 0. The van der Waals surface area contributed by atoms with Crippen LogP contribution in [-0.2, 0) is 0 Å². The molecule has 0 bridgehead atoms. The van der Waals surface area contributed by atoms with E-state index in [2.05, 4.69) is 4.98 Å². The summed E-state index contributed by atoms with van der Waals surface area (Å²) < 4.78 is 5.73. The van der Waals surface area contributed by atoms with Crippen LogP contribution >= 0.6 is 46.4 Å². The fourth-order valence-corrected chi connectivity index (χ4v) is 2.87. The van der Waals surface area contributed by atoms with Crippen molar-refractivity contribution in [3.05, 3.63) is 62.7 Å². The fourth-order valence-electron chi connectivity index (χ4n) is 1.88. The summed E-state index contributed by atoms with van der Waals surface area (Å²) >= 11 is 24.1. The van der Waals surface area contributed by atoms with Gasteiger partial charge in [0.2, 0.25) is 5.89 Å². The SMILES string of the molecule is Clc1ccc(-c2cnc(-c3ccc(Cl)cc3Cl)o2)c(Cl)c1. The molecule has 6 heteroatoms. The molecule has 0 spiro atoms. The predicted octanol–water partition coefficient (Wildman–Crippen LogP) is 6.62. The summed E-state index contributed by atoms with van der Waals surface area (Å²) in [6, 6.07) is 10.3. The summed E-state index contributed by atoms with van der Waals surface area (Å²) in [5, 5.41) is 2.08. The van der Waals surface area contributed by atoms with Gasteiger partial charge in [0.1, 0.15) is 0 Å². The second-order valence-corrected chi connectivity index (χ2v) is 5.97. The monoisotopic (exact) mass is 357 g/mol. The smallest absolute Gasteiger partial charge is 0.228 e. The zero-order chi connectivity index (χ0) is 15.0. The quantitative estimate of drug-likeness (QED) is 0.514. The number of halogens is 4. The molecule has 0 N–H and O–H groups in total. The molecule has 2 nitrogen and oxygen atoms in total. The van der Waals surface area contributed by atoms with Gasteiger partial charge in [0.15, 0.2) is 5.76 Å². The number of hydrogen-bond acceptors (Lipinski definition) is 2. The Labute approximate surface area is 141 Å². The van der Waals surface area contributed by atoms with E-state index >= 15 is 0 Å². The number of oxazole rings is 1. The van der Waals surface area contributed by atoms with Crippen molar-refractivity contribution in [1.82, 2.24) is 4.98 Å². The Morgan fingerprint density at radius 3 is 1.90 bits per heavy atom. The maximum absolute atomic E-state index is 6.16. The highest BCUT2D eigenvalue weighted by molar-refractivity contribution is 6.37. The lowest BCUT2D eigenvalue weighted by Crippen LogP contribution is -1.79. The standard InChI is InChI=1S/C15H7Cl4NO/c16-8-1-3-10(12(18)5-8)14-7-20-15(21-14)11-4-2-9(17)6-13(11)19/h1-7H. The highest BCUT2D eigenvalue weighted by atomic mass is 35.5. The average Bonchev–Trinajstić information content (AvgIpc) is 2.87. The van der Waals surface area contributed by atoms with Crippen LogP contribution in [0.4, 0.5) is 0 Å². The normalized spacial score (nSPS) is 10.9. The molecule has 3 rings (SSSR count). The first kappa shape index (κ1) is 14.7. The molecule has 2 aromatic carbocycles. The zero-order valence-electron chi connectivity index (χ0n) is 10.4. The highest BCUT2D eigenvalue weighted by Crippen LogP contribution is 2.35. The van der Waals surface area contributed by atoms with E-state index < -0.39 is 0 Å². The van der Waals surface area contributed by atoms with Crippen LogP contribution in [-0.4, -0.2) is 4.98 Å². The molecule has 0 saturated heterocycles. The van der Waals surface area contributed by atoms with Gasteiger partial charge in [0.05, 0.1) is 21.8 Å². The molecule has 0 aliphatic rings. The Kier molecular flexibility index (Phi) is 4.14. The lowest BCUT2D eigenvalue weighted by atomic mass is 10.2. The minimum absolute atomic E-state index is 0.401. The number of rotatable bonds is 2. The Balaban J connectivity index is 2.03. The van der Waals surface area contributed by atoms with Gasteiger partial charge in [-0.3, -0.25) is 0 Å². The molecular formula is C15H7Cl4NO. The van der Waals surface area contributed by atoms with Gasteiger partial charge in [-0.1, -0.05) is 46.4 Å². The minimum Gasteiger partial charge on any atom is -0.436 e. The summed E-state index contributed by atoms with van der Waals surface area (Å²) in [6.07, 6.45) is 1.59. The fraction of sp³-hybridized carbons (Fsp3) is 0. The van der Waals surface area contributed by atoms with Crippen molar-refractivity contribution in [2.75, 3.05) is 0 Å². The van der Waals surface area contributed by atoms with E-state index in [1.807, 2.05) is 0 Å². The van der Waals surface area contributed by atoms with Gasteiger partial charge < -0.3 is 4.42 Å². The molecule has 0 aliphatic carbocycles. The first-order valence-corrected chi connectivity index (χ1v) is 7.42. The molecular weight excluding hydrogens is 352 g/mol. The van der Waals surface area contributed by atoms with Crippen molar-refractivity contribution in [3.63, 3.8) is 0 Å². The van der Waals surface area contributed by atoms with Gasteiger partial charge in [-0.05, 0) is 36.4 Å². The molecule has 0 radical (unpaired) electrons. The third-order valence-electron chi connectivity index (χ3n) is 2.86. The van der Waals surface area contributed by atoms with Crippen LogP contribution in [0.25, 0.3) is 22.8 Å². The summed E-state index contributed by atoms with van der Waals surface area (Å²) in [5.74, 6) is 0.940.